The summed E-state index contributed by atoms with van der Waals surface area (Å²) in [5, 5.41) is 0. The third-order valence-electron chi connectivity index (χ3n) is 5.72. The molecule has 0 N–H and O–H groups in total. The van der Waals surface area contributed by atoms with Gasteiger partial charge in [-0.2, -0.15) is 0 Å². The van der Waals surface area contributed by atoms with Crippen LogP contribution in [-0.4, -0.2) is 29.9 Å². The maximum Gasteiger partial charge on any atom is 0.338 e. The number of allylic oxidation sites excluding steroid dienone is 1. The van der Waals surface area contributed by atoms with E-state index >= 15 is 0 Å². The summed E-state index contributed by atoms with van der Waals surface area (Å²) >= 11 is 8.24. The second-order valence-corrected chi connectivity index (χ2v) is 11.6. The molecule has 3 aromatic rings. The molecule has 0 spiro atoms. The van der Waals surface area contributed by atoms with E-state index in [1.165, 1.54) is 15.9 Å². The molecule has 1 aliphatic rings. The van der Waals surface area contributed by atoms with Crippen LogP contribution in [0.25, 0.3) is 6.08 Å². The minimum absolute atomic E-state index is 0.0665. The SMILES string of the molecule is C#CCOc1c(Br)cc(Br)cc1/C=c1\sc2n(c1=O)[C@@H](c1ccccc1OC(C)C)C(C(=O)OCC)=C(C)N=2. The van der Waals surface area contributed by atoms with Gasteiger partial charge in [0.05, 0.1) is 33.0 Å². The van der Waals surface area contributed by atoms with Crippen molar-refractivity contribution in [2.24, 2.45) is 4.99 Å². The number of thiazole rings is 1. The normalized spacial score (nSPS) is 15.0. The zero-order valence-corrected chi connectivity index (χ0v) is 25.8. The monoisotopic (exact) mass is 672 g/mol. The summed E-state index contributed by atoms with van der Waals surface area (Å²) in [6.45, 7) is 7.59. The summed E-state index contributed by atoms with van der Waals surface area (Å²) in [6.07, 6.45) is 7.03. The van der Waals surface area contributed by atoms with Crippen molar-refractivity contribution in [3.8, 4) is 23.8 Å². The first-order valence-electron chi connectivity index (χ1n) is 12.2. The highest BCUT2D eigenvalue weighted by atomic mass is 79.9. The summed E-state index contributed by atoms with van der Waals surface area (Å²) in [7, 11) is 0. The molecule has 0 saturated heterocycles. The number of hydrogen-bond acceptors (Lipinski definition) is 7. The van der Waals surface area contributed by atoms with E-state index in [1.54, 1.807) is 19.9 Å². The van der Waals surface area contributed by atoms with Crippen molar-refractivity contribution in [2.75, 3.05) is 13.2 Å². The molecule has 1 aliphatic heterocycles. The first-order chi connectivity index (χ1) is 18.7. The highest BCUT2D eigenvalue weighted by molar-refractivity contribution is 9.11. The van der Waals surface area contributed by atoms with Crippen molar-refractivity contribution >= 4 is 55.2 Å². The van der Waals surface area contributed by atoms with Crippen molar-refractivity contribution < 1.29 is 19.0 Å². The predicted octanol–water partition coefficient (Wildman–Crippen LogP) is 5.12. The molecular formula is C29H26Br2N2O5S. The maximum atomic E-state index is 14.0. The molecule has 7 nitrogen and oxygen atoms in total. The van der Waals surface area contributed by atoms with E-state index in [9.17, 15) is 9.59 Å². The molecule has 39 heavy (non-hydrogen) atoms. The van der Waals surface area contributed by atoms with Crippen LogP contribution in [0.4, 0.5) is 0 Å². The number of esters is 1. The Bertz CT molecular complexity index is 1680. The summed E-state index contributed by atoms with van der Waals surface area (Å²) in [4.78, 5) is 32.4. The van der Waals surface area contributed by atoms with Gasteiger partial charge in [-0.3, -0.25) is 9.36 Å². The standard InChI is InChI=1S/C29H26Br2N2O5S/c1-6-12-37-26-18(13-19(30)15-21(26)31)14-23-27(34)33-25(20-10-8-9-11-22(20)38-16(3)4)24(28(35)36-7-2)17(5)32-29(33)39-23/h1,8-11,13-16,25H,7,12H2,2-5H3/b23-14-/t25-/m0/s1. The van der Waals surface area contributed by atoms with Crippen molar-refractivity contribution in [1.82, 2.24) is 4.57 Å². The van der Waals surface area contributed by atoms with Gasteiger partial charge < -0.3 is 14.2 Å². The fraction of sp³-hybridized carbons (Fsp3) is 0.276. The van der Waals surface area contributed by atoms with Gasteiger partial charge in [-0.1, -0.05) is 51.4 Å². The Kier molecular flexibility index (Phi) is 9.15. The number of para-hydroxylation sites is 1. The third kappa shape index (κ3) is 6.06. The molecule has 0 amide bonds. The molecule has 0 bridgehead atoms. The molecule has 0 saturated carbocycles. The Morgan fingerprint density at radius 3 is 2.72 bits per heavy atom. The van der Waals surface area contributed by atoms with E-state index in [1.807, 2.05) is 50.2 Å². The molecule has 1 atom stereocenters. The zero-order chi connectivity index (χ0) is 28.3. The lowest BCUT2D eigenvalue weighted by atomic mass is 9.95. The smallest absolute Gasteiger partial charge is 0.338 e. The largest absolute Gasteiger partial charge is 0.491 e. The van der Waals surface area contributed by atoms with Gasteiger partial charge in [-0.25, -0.2) is 9.79 Å². The zero-order valence-electron chi connectivity index (χ0n) is 21.8. The fourth-order valence-electron chi connectivity index (χ4n) is 4.25. The lowest BCUT2D eigenvalue weighted by Crippen LogP contribution is -2.40. The number of aromatic nitrogens is 1. The molecule has 1 aromatic heterocycles. The lowest BCUT2D eigenvalue weighted by Gasteiger charge is -2.26. The first kappa shape index (κ1) is 28.9. The van der Waals surface area contributed by atoms with Crippen molar-refractivity contribution in [1.29, 1.82) is 0 Å². The van der Waals surface area contributed by atoms with E-state index in [-0.39, 0.29) is 24.9 Å². The number of benzene rings is 2. The van der Waals surface area contributed by atoms with Crippen LogP contribution in [0, 0.1) is 12.3 Å². The molecule has 4 rings (SSSR count). The number of nitrogens with zero attached hydrogens (tertiary/aromatic N) is 2. The minimum atomic E-state index is -0.788. The average Bonchev–Trinajstić information content (AvgIpc) is 3.17. The van der Waals surface area contributed by atoms with Crippen LogP contribution in [0.5, 0.6) is 11.5 Å². The molecule has 0 fully saturated rings. The topological polar surface area (TPSA) is 79.1 Å². The molecule has 0 unspecified atom stereocenters. The van der Waals surface area contributed by atoms with Crippen LogP contribution in [-0.2, 0) is 9.53 Å². The van der Waals surface area contributed by atoms with E-state index in [0.29, 0.717) is 47.7 Å². The summed E-state index contributed by atoms with van der Waals surface area (Å²) < 4.78 is 20.7. The molecule has 0 aliphatic carbocycles. The Morgan fingerprint density at radius 1 is 1.28 bits per heavy atom. The Hall–Kier alpha value is -3.13. The molecule has 0 radical (unpaired) electrons. The Balaban J connectivity index is 2.00. The van der Waals surface area contributed by atoms with Crippen LogP contribution >= 0.6 is 43.2 Å². The van der Waals surface area contributed by atoms with Crippen LogP contribution in [0.3, 0.4) is 0 Å². The quantitative estimate of drug-likeness (QED) is 0.245. The molecule has 202 valence electrons. The number of halogens is 2. The average molecular weight is 674 g/mol. The summed E-state index contributed by atoms with van der Waals surface area (Å²) in [5.41, 5.74) is 1.78. The second-order valence-electron chi connectivity index (χ2n) is 8.81. The van der Waals surface area contributed by atoms with E-state index in [4.69, 9.17) is 20.6 Å². The fourth-order valence-corrected chi connectivity index (χ4v) is 6.66. The number of carbonyl (C=O) groups is 1. The number of hydrogen-bond donors (Lipinski definition) is 0. The summed E-state index contributed by atoms with van der Waals surface area (Å²) in [6, 6.07) is 10.3. The number of carbonyl (C=O) groups excluding carboxylic acids is 1. The van der Waals surface area contributed by atoms with Gasteiger partial charge in [0, 0.05) is 15.6 Å². The van der Waals surface area contributed by atoms with Gasteiger partial charge in [0.15, 0.2) is 4.80 Å². The van der Waals surface area contributed by atoms with Crippen LogP contribution < -0.4 is 24.4 Å². The van der Waals surface area contributed by atoms with Crippen molar-refractivity contribution in [2.45, 2.75) is 39.8 Å². The molecule has 2 heterocycles. The molecule has 2 aromatic carbocycles. The van der Waals surface area contributed by atoms with Gasteiger partial charge in [-0.05, 0) is 67.9 Å². The van der Waals surface area contributed by atoms with Gasteiger partial charge >= 0.3 is 5.97 Å². The molecule has 10 heteroatoms. The van der Waals surface area contributed by atoms with Gasteiger partial charge in [-0.15, -0.1) is 6.42 Å². The predicted molar refractivity (Wildman–Crippen MR) is 159 cm³/mol. The Morgan fingerprint density at radius 2 is 2.03 bits per heavy atom. The molecular weight excluding hydrogens is 648 g/mol. The van der Waals surface area contributed by atoms with Crippen molar-refractivity contribution in [3.63, 3.8) is 0 Å². The van der Waals surface area contributed by atoms with E-state index in [2.05, 4.69) is 42.8 Å². The summed E-state index contributed by atoms with van der Waals surface area (Å²) in [5.74, 6) is 3.02. The van der Waals surface area contributed by atoms with Crippen LogP contribution in [0.2, 0.25) is 0 Å². The first-order valence-corrected chi connectivity index (χ1v) is 14.6. The maximum absolute atomic E-state index is 14.0. The van der Waals surface area contributed by atoms with Crippen molar-refractivity contribution in [3.05, 3.63) is 87.4 Å². The number of ether oxygens (including phenoxy) is 3. The van der Waals surface area contributed by atoms with Crippen LogP contribution in [0.15, 0.2) is 66.4 Å². The second kappa shape index (κ2) is 12.4. The van der Waals surface area contributed by atoms with E-state index in [0.717, 1.165) is 4.47 Å². The van der Waals surface area contributed by atoms with Gasteiger partial charge in [0.1, 0.15) is 24.1 Å². The van der Waals surface area contributed by atoms with Crippen LogP contribution in [0.1, 0.15) is 44.9 Å². The number of terminal acetylenes is 1. The third-order valence-corrected chi connectivity index (χ3v) is 7.75. The van der Waals surface area contributed by atoms with Gasteiger partial charge in [0.2, 0.25) is 0 Å². The van der Waals surface area contributed by atoms with Gasteiger partial charge in [0.25, 0.3) is 5.56 Å². The van der Waals surface area contributed by atoms with E-state index < -0.39 is 12.0 Å². The minimum Gasteiger partial charge on any atom is -0.491 e. The highest BCUT2D eigenvalue weighted by Gasteiger charge is 2.35. The number of fused-ring (bicyclic) bond motifs is 1. The highest BCUT2D eigenvalue weighted by Crippen LogP contribution is 2.37. The Labute approximate surface area is 247 Å². The number of rotatable bonds is 8. The lowest BCUT2D eigenvalue weighted by molar-refractivity contribution is -0.139.